The molecule has 0 aromatic heterocycles. The van der Waals surface area contributed by atoms with E-state index in [2.05, 4.69) is 11.0 Å². The van der Waals surface area contributed by atoms with Gasteiger partial charge < -0.3 is 4.90 Å². The average molecular weight is 339 g/mol. The Bertz CT molecular complexity index is 1110. The molecule has 0 amide bonds. The van der Waals surface area contributed by atoms with Gasteiger partial charge in [0, 0.05) is 23.9 Å². The first-order valence-corrected chi connectivity index (χ1v) is 8.32. The van der Waals surface area contributed by atoms with Crippen LogP contribution in [0, 0.1) is 21.4 Å². The molecule has 26 heavy (non-hydrogen) atoms. The summed E-state index contributed by atoms with van der Waals surface area (Å²) in [4.78, 5) is 13.1. The minimum absolute atomic E-state index is 0.0582. The van der Waals surface area contributed by atoms with Gasteiger partial charge in [0.05, 0.1) is 22.6 Å². The molecule has 0 fully saturated rings. The molecule has 2 aromatic rings. The number of nitrogens with zero attached hydrogens (tertiary/aromatic N) is 3. The van der Waals surface area contributed by atoms with Crippen molar-refractivity contribution in [3.05, 3.63) is 99.8 Å². The van der Waals surface area contributed by atoms with Gasteiger partial charge in [-0.15, -0.1) is 0 Å². The summed E-state index contributed by atoms with van der Waals surface area (Å²) in [6.45, 7) is 0. The standard InChI is InChI=1S/C21H13N3O2/c22-13-14-12-21(23-10-4-3-7-20(14)23)18-6-2-1-5-16(18)17-9-8-15(24(25)26)11-19(17)21/h1-12,20H. The van der Waals surface area contributed by atoms with Gasteiger partial charge in [0.15, 0.2) is 0 Å². The molecule has 0 saturated heterocycles. The van der Waals surface area contributed by atoms with Crippen LogP contribution >= 0.6 is 0 Å². The molecule has 5 rings (SSSR count). The van der Waals surface area contributed by atoms with E-state index in [0.29, 0.717) is 5.57 Å². The highest BCUT2D eigenvalue weighted by molar-refractivity contribution is 5.84. The predicted octanol–water partition coefficient (Wildman–Crippen LogP) is 4.04. The fraction of sp³-hybridized carbons (Fsp3) is 0.0952. The molecule has 2 aromatic carbocycles. The highest BCUT2D eigenvalue weighted by atomic mass is 16.6. The summed E-state index contributed by atoms with van der Waals surface area (Å²) in [6.07, 6.45) is 9.79. The molecule has 1 aliphatic carbocycles. The largest absolute Gasteiger partial charge is 0.349 e. The Morgan fingerprint density at radius 3 is 2.73 bits per heavy atom. The van der Waals surface area contributed by atoms with Gasteiger partial charge in [-0.1, -0.05) is 36.4 Å². The molecule has 3 aliphatic rings. The molecule has 2 unspecified atom stereocenters. The Hall–Kier alpha value is -3.65. The van der Waals surface area contributed by atoms with Crippen LogP contribution in [0.25, 0.3) is 11.1 Å². The van der Waals surface area contributed by atoms with Crippen molar-refractivity contribution in [2.75, 3.05) is 0 Å². The molecule has 5 heteroatoms. The number of nitriles is 1. The second-order valence-corrected chi connectivity index (χ2v) is 6.59. The normalized spacial score (nSPS) is 24.0. The van der Waals surface area contributed by atoms with E-state index in [9.17, 15) is 15.4 Å². The minimum Gasteiger partial charge on any atom is -0.349 e. The van der Waals surface area contributed by atoms with Gasteiger partial charge in [0.2, 0.25) is 0 Å². The number of non-ortho nitro benzene ring substituents is 1. The second-order valence-electron chi connectivity index (χ2n) is 6.59. The highest BCUT2D eigenvalue weighted by Gasteiger charge is 2.52. The molecular formula is C21H13N3O2. The van der Waals surface area contributed by atoms with E-state index in [4.69, 9.17) is 0 Å². The number of fused-ring (bicyclic) bond motifs is 7. The third-order valence-corrected chi connectivity index (χ3v) is 5.42. The van der Waals surface area contributed by atoms with Crippen LogP contribution in [0.5, 0.6) is 0 Å². The smallest absolute Gasteiger partial charge is 0.269 e. The molecule has 2 heterocycles. The topological polar surface area (TPSA) is 70.2 Å². The molecular weight excluding hydrogens is 326 g/mol. The molecule has 124 valence electrons. The van der Waals surface area contributed by atoms with Gasteiger partial charge in [0.25, 0.3) is 5.69 Å². The lowest BCUT2D eigenvalue weighted by molar-refractivity contribution is -0.384. The van der Waals surface area contributed by atoms with E-state index in [1.54, 1.807) is 12.1 Å². The zero-order chi connectivity index (χ0) is 17.9. The maximum absolute atomic E-state index is 11.4. The van der Waals surface area contributed by atoms with Gasteiger partial charge in [-0.3, -0.25) is 10.1 Å². The Morgan fingerprint density at radius 1 is 1.12 bits per heavy atom. The first-order chi connectivity index (χ1) is 12.7. The molecule has 5 nitrogen and oxygen atoms in total. The lowest BCUT2D eigenvalue weighted by atomic mass is 9.86. The van der Waals surface area contributed by atoms with E-state index in [1.165, 1.54) is 0 Å². The lowest BCUT2D eigenvalue weighted by Gasteiger charge is -2.39. The Morgan fingerprint density at radius 2 is 1.92 bits per heavy atom. The molecule has 0 saturated carbocycles. The first kappa shape index (κ1) is 14.7. The van der Waals surface area contributed by atoms with Crippen LogP contribution in [0.3, 0.4) is 0 Å². The fourth-order valence-corrected chi connectivity index (χ4v) is 4.40. The number of nitro groups is 1. The molecule has 1 spiro atoms. The number of nitro benzene ring substituents is 1. The van der Waals surface area contributed by atoms with Crippen molar-refractivity contribution in [2.45, 2.75) is 11.6 Å². The average Bonchev–Trinajstić information content (AvgIpc) is 3.16. The van der Waals surface area contributed by atoms with Crippen molar-refractivity contribution in [1.82, 2.24) is 4.90 Å². The van der Waals surface area contributed by atoms with Crippen LogP contribution in [0.15, 0.2) is 78.5 Å². The van der Waals surface area contributed by atoms with Crippen LogP contribution in [0.2, 0.25) is 0 Å². The van der Waals surface area contributed by atoms with Crippen LogP contribution in [0.1, 0.15) is 11.1 Å². The third kappa shape index (κ3) is 1.63. The van der Waals surface area contributed by atoms with Crippen LogP contribution in [-0.4, -0.2) is 15.9 Å². The van der Waals surface area contributed by atoms with Crippen LogP contribution in [-0.2, 0) is 5.54 Å². The van der Waals surface area contributed by atoms with E-state index in [1.807, 2.05) is 60.8 Å². The molecule has 0 bridgehead atoms. The highest BCUT2D eigenvalue weighted by Crippen LogP contribution is 2.56. The van der Waals surface area contributed by atoms with Crippen molar-refractivity contribution in [1.29, 1.82) is 5.26 Å². The summed E-state index contributed by atoms with van der Waals surface area (Å²) < 4.78 is 0. The Balaban J connectivity index is 1.88. The number of hydrogen-bond donors (Lipinski definition) is 0. The maximum Gasteiger partial charge on any atom is 0.269 e. The SMILES string of the molecule is N#CC1=CC2(c3ccccc3-c3ccc([N+](=O)[O-])cc32)N2C=CC=CC12. The fourth-order valence-electron chi connectivity index (χ4n) is 4.40. The molecule has 0 N–H and O–H groups in total. The Labute approximate surface area is 149 Å². The van der Waals surface area contributed by atoms with E-state index in [-0.39, 0.29) is 16.7 Å². The number of allylic oxidation sites excluding steroid dienone is 2. The van der Waals surface area contributed by atoms with Gasteiger partial charge >= 0.3 is 0 Å². The summed E-state index contributed by atoms with van der Waals surface area (Å²) >= 11 is 0. The molecule has 2 aliphatic heterocycles. The quantitative estimate of drug-likeness (QED) is 0.581. The van der Waals surface area contributed by atoms with Crippen LogP contribution < -0.4 is 0 Å². The second kappa shape index (κ2) is 4.93. The first-order valence-electron chi connectivity index (χ1n) is 8.32. The van der Waals surface area contributed by atoms with Crippen molar-refractivity contribution >= 4 is 5.69 Å². The molecule has 0 radical (unpaired) electrons. The van der Waals surface area contributed by atoms with Gasteiger partial charge in [0.1, 0.15) is 5.54 Å². The number of benzene rings is 2. The summed E-state index contributed by atoms with van der Waals surface area (Å²) in [6, 6.07) is 15.2. The minimum atomic E-state index is -0.699. The third-order valence-electron chi connectivity index (χ3n) is 5.42. The maximum atomic E-state index is 11.4. The summed E-state index contributed by atoms with van der Waals surface area (Å²) in [5, 5.41) is 21.1. The summed E-state index contributed by atoms with van der Waals surface area (Å²) in [5.41, 5.74) is 3.93. The number of rotatable bonds is 1. The van der Waals surface area contributed by atoms with Gasteiger partial charge in [-0.2, -0.15) is 5.26 Å². The zero-order valence-electron chi connectivity index (χ0n) is 13.7. The number of hydrogen-bond acceptors (Lipinski definition) is 4. The lowest BCUT2D eigenvalue weighted by Crippen LogP contribution is -2.42. The van der Waals surface area contributed by atoms with Gasteiger partial charge in [-0.25, -0.2) is 0 Å². The van der Waals surface area contributed by atoms with Crippen molar-refractivity contribution in [2.24, 2.45) is 0 Å². The summed E-state index contributed by atoms with van der Waals surface area (Å²) in [7, 11) is 0. The zero-order valence-corrected chi connectivity index (χ0v) is 13.7. The Kier molecular flexibility index (Phi) is 2.78. The van der Waals surface area contributed by atoms with E-state index < -0.39 is 5.54 Å². The van der Waals surface area contributed by atoms with Gasteiger partial charge in [-0.05, 0) is 34.9 Å². The van der Waals surface area contributed by atoms with Crippen molar-refractivity contribution in [3.8, 4) is 17.2 Å². The molecule has 2 atom stereocenters. The van der Waals surface area contributed by atoms with E-state index >= 15 is 0 Å². The van der Waals surface area contributed by atoms with E-state index in [0.717, 1.165) is 22.3 Å². The van der Waals surface area contributed by atoms with Crippen LogP contribution in [0.4, 0.5) is 5.69 Å². The summed E-state index contributed by atoms with van der Waals surface area (Å²) in [5.74, 6) is 0. The predicted molar refractivity (Wildman–Crippen MR) is 96.9 cm³/mol. The van der Waals surface area contributed by atoms with Crippen molar-refractivity contribution < 1.29 is 4.92 Å². The monoisotopic (exact) mass is 339 g/mol. The van der Waals surface area contributed by atoms with Crippen molar-refractivity contribution in [3.63, 3.8) is 0 Å².